The fourth-order valence-corrected chi connectivity index (χ4v) is 2.15. The number of rotatable bonds is 4. The minimum atomic E-state index is 0.268. The van der Waals surface area contributed by atoms with Crippen LogP contribution in [0.25, 0.3) is 16.7 Å². The highest BCUT2D eigenvalue weighted by atomic mass is 16.3. The van der Waals surface area contributed by atoms with Gasteiger partial charge in [-0.2, -0.15) is 0 Å². The Kier molecular flexibility index (Phi) is 5.21. The van der Waals surface area contributed by atoms with Crippen molar-refractivity contribution in [3.63, 3.8) is 0 Å². The first-order chi connectivity index (χ1) is 10.6. The minimum absolute atomic E-state index is 0.268. The Hall–Kier alpha value is -2.74. The van der Waals surface area contributed by atoms with Gasteiger partial charge in [-0.1, -0.05) is 54.6 Å². The fourth-order valence-electron chi connectivity index (χ4n) is 2.15. The zero-order chi connectivity index (χ0) is 15.9. The van der Waals surface area contributed by atoms with Gasteiger partial charge in [0.2, 0.25) is 0 Å². The van der Waals surface area contributed by atoms with E-state index in [1.807, 2.05) is 37.3 Å². The van der Waals surface area contributed by atoms with Crippen molar-refractivity contribution in [2.45, 2.75) is 13.8 Å². The molecule has 0 aliphatic carbocycles. The van der Waals surface area contributed by atoms with E-state index in [-0.39, 0.29) is 11.5 Å². The maximum atomic E-state index is 9.34. The molecule has 2 heteroatoms. The van der Waals surface area contributed by atoms with Gasteiger partial charge in [0.05, 0.1) is 5.76 Å². The van der Waals surface area contributed by atoms with Crippen molar-refractivity contribution < 1.29 is 10.2 Å². The standard InChI is InChI=1S/C20H20O2/c1-3-4-16(6-5-15(2)21)17-7-9-18(10-8-17)19-11-13-20(22)14-12-19/h3-14,21-22H,1-2H3/b4-3-,15-5+,16-6+. The van der Waals surface area contributed by atoms with Crippen LogP contribution in [0.5, 0.6) is 5.75 Å². The van der Waals surface area contributed by atoms with Crippen LogP contribution in [-0.4, -0.2) is 10.2 Å². The molecule has 0 fully saturated rings. The minimum Gasteiger partial charge on any atom is -0.513 e. The van der Waals surface area contributed by atoms with Crippen molar-refractivity contribution in [1.29, 1.82) is 0 Å². The van der Waals surface area contributed by atoms with Crippen LogP contribution >= 0.6 is 0 Å². The predicted octanol–water partition coefficient (Wildman–Crippen LogP) is 5.48. The first-order valence-electron chi connectivity index (χ1n) is 7.20. The topological polar surface area (TPSA) is 40.5 Å². The highest BCUT2D eigenvalue weighted by Crippen LogP contribution is 2.24. The Morgan fingerprint density at radius 3 is 1.91 bits per heavy atom. The molecule has 0 aliphatic heterocycles. The van der Waals surface area contributed by atoms with E-state index in [0.29, 0.717) is 0 Å². The fraction of sp³-hybridized carbons (Fsp3) is 0.100. The molecule has 0 bridgehead atoms. The first-order valence-corrected chi connectivity index (χ1v) is 7.20. The molecule has 0 saturated carbocycles. The summed E-state index contributed by atoms with van der Waals surface area (Å²) in [6.07, 6.45) is 7.56. The number of benzene rings is 2. The second-order valence-electron chi connectivity index (χ2n) is 5.05. The van der Waals surface area contributed by atoms with Crippen molar-refractivity contribution >= 4 is 5.57 Å². The summed E-state index contributed by atoms with van der Waals surface area (Å²) in [5.41, 5.74) is 4.27. The monoisotopic (exact) mass is 292 g/mol. The molecule has 0 spiro atoms. The smallest absolute Gasteiger partial charge is 0.115 e. The molecule has 0 aliphatic rings. The molecular formula is C20H20O2. The van der Waals surface area contributed by atoms with Gasteiger partial charge in [0.25, 0.3) is 0 Å². The van der Waals surface area contributed by atoms with Gasteiger partial charge in [-0.3, -0.25) is 0 Å². The Morgan fingerprint density at radius 1 is 0.864 bits per heavy atom. The third kappa shape index (κ3) is 4.13. The van der Waals surface area contributed by atoms with Crippen molar-refractivity contribution in [2.75, 3.05) is 0 Å². The van der Waals surface area contributed by atoms with Gasteiger partial charge in [-0.15, -0.1) is 0 Å². The Bertz CT molecular complexity index is 698. The SMILES string of the molecule is C\C=C/C(=C\C=C(/C)O)c1ccc(-c2ccc(O)cc2)cc1. The Balaban J connectivity index is 2.32. The average molecular weight is 292 g/mol. The van der Waals surface area contributed by atoms with Crippen molar-refractivity contribution in [3.8, 4) is 16.9 Å². The highest BCUT2D eigenvalue weighted by Gasteiger charge is 2.01. The van der Waals surface area contributed by atoms with Crippen LogP contribution in [0.3, 0.4) is 0 Å². The molecular weight excluding hydrogens is 272 g/mol. The summed E-state index contributed by atoms with van der Waals surface area (Å²) in [5.74, 6) is 0.549. The van der Waals surface area contributed by atoms with Crippen LogP contribution in [0.2, 0.25) is 0 Å². The van der Waals surface area contributed by atoms with Crippen molar-refractivity contribution in [1.82, 2.24) is 0 Å². The molecule has 2 rings (SSSR count). The van der Waals surface area contributed by atoms with Gasteiger partial charge in [-0.05, 0) is 54.3 Å². The first kappa shape index (κ1) is 15.6. The lowest BCUT2D eigenvalue weighted by molar-refractivity contribution is 0.414. The van der Waals surface area contributed by atoms with Gasteiger partial charge >= 0.3 is 0 Å². The van der Waals surface area contributed by atoms with E-state index in [2.05, 4.69) is 24.3 Å². The molecule has 2 N–H and O–H groups in total. The van der Waals surface area contributed by atoms with Crippen LogP contribution in [0.1, 0.15) is 19.4 Å². The van der Waals surface area contributed by atoms with E-state index in [1.165, 1.54) is 0 Å². The number of aliphatic hydroxyl groups is 1. The van der Waals surface area contributed by atoms with Gasteiger partial charge < -0.3 is 10.2 Å². The molecule has 0 saturated heterocycles. The van der Waals surface area contributed by atoms with Crippen molar-refractivity contribution in [3.05, 3.63) is 84.2 Å². The number of aliphatic hydroxyl groups excluding tert-OH is 1. The summed E-state index contributed by atoms with van der Waals surface area (Å²) in [7, 11) is 0. The largest absolute Gasteiger partial charge is 0.513 e. The molecule has 0 unspecified atom stereocenters. The van der Waals surface area contributed by atoms with E-state index in [4.69, 9.17) is 0 Å². The lowest BCUT2D eigenvalue weighted by atomic mass is 9.99. The molecule has 2 aromatic carbocycles. The number of allylic oxidation sites excluding steroid dienone is 6. The number of aromatic hydroxyl groups is 1. The molecule has 0 amide bonds. The quantitative estimate of drug-likeness (QED) is 0.578. The maximum absolute atomic E-state index is 9.34. The van der Waals surface area contributed by atoms with Gasteiger partial charge in [0.1, 0.15) is 5.75 Å². The molecule has 2 nitrogen and oxygen atoms in total. The molecule has 2 aromatic rings. The third-order valence-corrected chi connectivity index (χ3v) is 3.27. The second-order valence-corrected chi connectivity index (χ2v) is 5.05. The number of phenols is 1. The van der Waals surface area contributed by atoms with E-state index >= 15 is 0 Å². The number of phenolic OH excluding ortho intramolecular Hbond substituents is 1. The van der Waals surface area contributed by atoms with Crippen LogP contribution in [0.15, 0.2) is 78.6 Å². The second kappa shape index (κ2) is 7.32. The van der Waals surface area contributed by atoms with E-state index in [0.717, 1.165) is 22.3 Å². The zero-order valence-electron chi connectivity index (χ0n) is 12.8. The van der Waals surface area contributed by atoms with E-state index in [1.54, 1.807) is 25.1 Å². The van der Waals surface area contributed by atoms with Gasteiger partial charge in [0, 0.05) is 0 Å². The van der Waals surface area contributed by atoms with Crippen molar-refractivity contribution in [2.24, 2.45) is 0 Å². The van der Waals surface area contributed by atoms with Crippen LogP contribution in [0.4, 0.5) is 0 Å². The van der Waals surface area contributed by atoms with Crippen LogP contribution in [0, 0.1) is 0 Å². The summed E-state index contributed by atoms with van der Waals surface area (Å²) >= 11 is 0. The molecule has 0 atom stereocenters. The highest BCUT2D eigenvalue weighted by molar-refractivity contribution is 5.77. The van der Waals surface area contributed by atoms with Crippen LogP contribution in [-0.2, 0) is 0 Å². The summed E-state index contributed by atoms with van der Waals surface area (Å²) in [5, 5.41) is 18.6. The lowest BCUT2D eigenvalue weighted by Gasteiger charge is -2.06. The summed E-state index contributed by atoms with van der Waals surface area (Å²) in [4.78, 5) is 0. The zero-order valence-corrected chi connectivity index (χ0v) is 12.8. The van der Waals surface area contributed by atoms with Gasteiger partial charge in [0.15, 0.2) is 0 Å². The van der Waals surface area contributed by atoms with E-state index < -0.39 is 0 Å². The molecule has 0 heterocycles. The number of hydrogen-bond acceptors (Lipinski definition) is 2. The third-order valence-electron chi connectivity index (χ3n) is 3.27. The molecule has 22 heavy (non-hydrogen) atoms. The van der Waals surface area contributed by atoms with E-state index in [9.17, 15) is 10.2 Å². The normalized spacial score (nSPS) is 12.8. The summed E-state index contributed by atoms with van der Waals surface area (Å²) in [6, 6.07) is 15.4. The Morgan fingerprint density at radius 2 is 1.41 bits per heavy atom. The van der Waals surface area contributed by atoms with Gasteiger partial charge in [-0.25, -0.2) is 0 Å². The molecule has 0 radical (unpaired) electrons. The summed E-state index contributed by atoms with van der Waals surface area (Å²) in [6.45, 7) is 3.62. The Labute approximate surface area is 131 Å². The molecule has 0 aromatic heterocycles. The predicted molar refractivity (Wildman–Crippen MR) is 92.7 cm³/mol. The average Bonchev–Trinajstić information content (AvgIpc) is 2.52. The number of hydrogen-bond donors (Lipinski definition) is 2. The summed E-state index contributed by atoms with van der Waals surface area (Å²) < 4.78 is 0. The maximum Gasteiger partial charge on any atom is 0.115 e. The van der Waals surface area contributed by atoms with Crippen LogP contribution < -0.4 is 0 Å². The lowest BCUT2D eigenvalue weighted by Crippen LogP contribution is -1.83. The molecule has 112 valence electrons.